The number of carbonyl (C=O) groups excluding carboxylic acids is 1. The van der Waals surface area contributed by atoms with E-state index in [0.717, 1.165) is 29.7 Å². The summed E-state index contributed by atoms with van der Waals surface area (Å²) in [6.07, 6.45) is 1.73. The number of ether oxygens (including phenoxy) is 1. The molecule has 2 aromatic carbocycles. The van der Waals surface area contributed by atoms with Crippen molar-refractivity contribution < 1.29 is 13.9 Å². The standard InChI is InChI=1S/C24H23ClN2O3/c25-18-4-2-17(3-5-18)20-7-8-22(30-20)23(28)27-11-9-24(10-12-27)15-29-21-6-1-16(14-26)13-19(21)24/h1-8,13H,9-12,14-15,26H2. The lowest BCUT2D eigenvalue weighted by atomic mass is 9.74. The lowest BCUT2D eigenvalue weighted by Gasteiger charge is -2.38. The number of fused-ring (bicyclic) bond motifs is 2. The van der Waals surface area contributed by atoms with E-state index >= 15 is 0 Å². The molecule has 1 amide bonds. The van der Waals surface area contributed by atoms with Gasteiger partial charge < -0.3 is 19.8 Å². The number of nitrogens with two attached hydrogens (primary N) is 1. The van der Waals surface area contributed by atoms with E-state index in [1.807, 2.05) is 47.4 Å². The van der Waals surface area contributed by atoms with Crippen molar-refractivity contribution in [3.05, 3.63) is 76.5 Å². The Bertz CT molecular complexity index is 1080. The van der Waals surface area contributed by atoms with Crippen LogP contribution in [0.4, 0.5) is 0 Å². The topological polar surface area (TPSA) is 68.7 Å². The molecule has 2 aliphatic heterocycles. The van der Waals surface area contributed by atoms with Gasteiger partial charge in [-0.15, -0.1) is 0 Å². The largest absolute Gasteiger partial charge is 0.492 e. The molecular formula is C24H23ClN2O3. The fraction of sp³-hybridized carbons (Fsp3) is 0.292. The number of rotatable bonds is 3. The van der Waals surface area contributed by atoms with Crippen LogP contribution in [-0.4, -0.2) is 30.5 Å². The molecule has 0 radical (unpaired) electrons. The first-order valence-corrected chi connectivity index (χ1v) is 10.6. The van der Waals surface area contributed by atoms with E-state index in [9.17, 15) is 4.79 Å². The number of carbonyl (C=O) groups is 1. The van der Waals surface area contributed by atoms with Crippen molar-refractivity contribution >= 4 is 17.5 Å². The summed E-state index contributed by atoms with van der Waals surface area (Å²) in [5.41, 5.74) is 9.04. The zero-order valence-corrected chi connectivity index (χ0v) is 17.3. The van der Waals surface area contributed by atoms with E-state index in [0.29, 0.717) is 42.8 Å². The molecule has 3 heterocycles. The van der Waals surface area contributed by atoms with Crippen molar-refractivity contribution in [3.63, 3.8) is 0 Å². The number of furan rings is 1. The molecule has 3 aromatic rings. The highest BCUT2D eigenvalue weighted by Gasteiger charge is 2.44. The molecule has 5 rings (SSSR count). The van der Waals surface area contributed by atoms with Crippen LogP contribution in [0.3, 0.4) is 0 Å². The van der Waals surface area contributed by atoms with E-state index in [4.69, 9.17) is 26.5 Å². The molecule has 0 bridgehead atoms. The van der Waals surface area contributed by atoms with Crippen LogP contribution >= 0.6 is 11.6 Å². The van der Waals surface area contributed by atoms with Gasteiger partial charge in [0.25, 0.3) is 5.91 Å². The van der Waals surface area contributed by atoms with Gasteiger partial charge in [-0.3, -0.25) is 4.79 Å². The van der Waals surface area contributed by atoms with Crippen molar-refractivity contribution in [1.29, 1.82) is 0 Å². The van der Waals surface area contributed by atoms with Gasteiger partial charge in [0, 0.05) is 41.2 Å². The smallest absolute Gasteiger partial charge is 0.289 e. The molecule has 154 valence electrons. The predicted molar refractivity (Wildman–Crippen MR) is 116 cm³/mol. The van der Waals surface area contributed by atoms with Crippen molar-refractivity contribution in [2.75, 3.05) is 19.7 Å². The van der Waals surface area contributed by atoms with Crippen molar-refractivity contribution in [2.45, 2.75) is 24.8 Å². The average molecular weight is 423 g/mol. The first-order valence-electron chi connectivity index (χ1n) is 10.2. The third-order valence-electron chi connectivity index (χ3n) is 6.31. The number of piperidine rings is 1. The Balaban J connectivity index is 1.30. The molecule has 0 unspecified atom stereocenters. The Hall–Kier alpha value is -2.76. The maximum Gasteiger partial charge on any atom is 0.289 e. The average Bonchev–Trinajstić information content (AvgIpc) is 3.40. The molecule has 5 nitrogen and oxygen atoms in total. The zero-order chi connectivity index (χ0) is 20.7. The van der Waals surface area contributed by atoms with Crippen LogP contribution in [0.5, 0.6) is 5.75 Å². The van der Waals surface area contributed by atoms with Gasteiger partial charge in [-0.1, -0.05) is 23.7 Å². The maximum atomic E-state index is 13.0. The second kappa shape index (κ2) is 7.49. The van der Waals surface area contributed by atoms with Crippen LogP contribution in [0, 0.1) is 0 Å². The second-order valence-corrected chi connectivity index (χ2v) is 8.50. The number of hydrogen-bond acceptors (Lipinski definition) is 4. The summed E-state index contributed by atoms with van der Waals surface area (Å²) in [5, 5.41) is 0.667. The van der Waals surface area contributed by atoms with Gasteiger partial charge in [-0.25, -0.2) is 0 Å². The van der Waals surface area contributed by atoms with Gasteiger partial charge in [0.2, 0.25) is 0 Å². The van der Waals surface area contributed by atoms with Crippen LogP contribution in [-0.2, 0) is 12.0 Å². The summed E-state index contributed by atoms with van der Waals surface area (Å²) < 4.78 is 11.8. The van der Waals surface area contributed by atoms with Gasteiger partial charge in [-0.05, 0) is 60.9 Å². The van der Waals surface area contributed by atoms with Crippen molar-refractivity contribution in [2.24, 2.45) is 5.73 Å². The third kappa shape index (κ3) is 3.28. The summed E-state index contributed by atoms with van der Waals surface area (Å²) in [6.45, 7) is 2.53. The quantitative estimate of drug-likeness (QED) is 0.668. The Kier molecular flexibility index (Phi) is 4.80. The molecule has 30 heavy (non-hydrogen) atoms. The monoisotopic (exact) mass is 422 g/mol. The maximum absolute atomic E-state index is 13.0. The van der Waals surface area contributed by atoms with E-state index < -0.39 is 0 Å². The van der Waals surface area contributed by atoms with Gasteiger partial charge in [-0.2, -0.15) is 0 Å². The Morgan fingerprint density at radius 2 is 1.83 bits per heavy atom. The normalized spacial score (nSPS) is 17.1. The molecule has 2 aliphatic rings. The minimum atomic E-state index is -0.0695. The molecule has 0 saturated carbocycles. The van der Waals surface area contributed by atoms with Crippen LogP contribution in [0.15, 0.2) is 59.0 Å². The number of amides is 1. The zero-order valence-electron chi connectivity index (χ0n) is 16.6. The number of likely N-dealkylation sites (tertiary alicyclic amines) is 1. The van der Waals surface area contributed by atoms with Crippen LogP contribution in [0.25, 0.3) is 11.3 Å². The molecule has 1 spiro atoms. The molecule has 6 heteroatoms. The predicted octanol–water partition coefficient (Wildman–Crippen LogP) is 4.63. The van der Waals surface area contributed by atoms with Gasteiger partial charge in [0.05, 0.1) is 6.61 Å². The molecule has 2 N–H and O–H groups in total. The molecular weight excluding hydrogens is 400 g/mol. The van der Waals surface area contributed by atoms with E-state index in [1.165, 1.54) is 5.56 Å². The van der Waals surface area contributed by atoms with E-state index in [2.05, 4.69) is 6.07 Å². The Labute approximate surface area is 180 Å². The van der Waals surface area contributed by atoms with Gasteiger partial charge in [0.1, 0.15) is 11.5 Å². The second-order valence-electron chi connectivity index (χ2n) is 8.07. The van der Waals surface area contributed by atoms with Crippen molar-refractivity contribution in [1.82, 2.24) is 4.90 Å². The third-order valence-corrected chi connectivity index (χ3v) is 6.56. The Morgan fingerprint density at radius 3 is 2.57 bits per heavy atom. The van der Waals surface area contributed by atoms with Crippen LogP contribution < -0.4 is 10.5 Å². The summed E-state index contributed by atoms with van der Waals surface area (Å²) >= 11 is 5.95. The highest BCUT2D eigenvalue weighted by atomic mass is 35.5. The number of halogens is 1. The van der Waals surface area contributed by atoms with Crippen LogP contribution in [0.2, 0.25) is 5.02 Å². The fourth-order valence-corrected chi connectivity index (χ4v) is 4.59. The molecule has 0 aliphatic carbocycles. The highest BCUT2D eigenvalue weighted by Crippen LogP contribution is 2.46. The van der Waals surface area contributed by atoms with Gasteiger partial charge >= 0.3 is 0 Å². The fourth-order valence-electron chi connectivity index (χ4n) is 4.47. The highest BCUT2D eigenvalue weighted by molar-refractivity contribution is 6.30. The Morgan fingerprint density at radius 1 is 1.07 bits per heavy atom. The van der Waals surface area contributed by atoms with Crippen LogP contribution in [0.1, 0.15) is 34.5 Å². The first kappa shape index (κ1) is 19.2. The molecule has 1 fully saturated rings. The molecule has 0 atom stereocenters. The van der Waals surface area contributed by atoms with E-state index in [-0.39, 0.29) is 11.3 Å². The summed E-state index contributed by atoms with van der Waals surface area (Å²) in [7, 11) is 0. The number of hydrogen-bond donors (Lipinski definition) is 1. The SMILES string of the molecule is NCc1ccc2c(c1)C1(CCN(C(=O)c3ccc(-c4ccc(Cl)cc4)o3)CC1)CO2. The number of benzene rings is 2. The van der Waals surface area contributed by atoms with Gasteiger partial charge in [0.15, 0.2) is 5.76 Å². The summed E-state index contributed by atoms with van der Waals surface area (Å²) in [5.74, 6) is 1.91. The minimum Gasteiger partial charge on any atom is -0.492 e. The lowest BCUT2D eigenvalue weighted by Crippen LogP contribution is -2.46. The first-order chi connectivity index (χ1) is 14.6. The van der Waals surface area contributed by atoms with E-state index in [1.54, 1.807) is 6.07 Å². The summed E-state index contributed by atoms with van der Waals surface area (Å²) in [4.78, 5) is 14.9. The number of nitrogens with zero attached hydrogens (tertiary/aromatic N) is 1. The summed E-state index contributed by atoms with van der Waals surface area (Å²) in [6, 6.07) is 17.2. The minimum absolute atomic E-state index is 0.0328. The molecule has 1 aromatic heterocycles. The van der Waals surface area contributed by atoms with Crippen molar-refractivity contribution in [3.8, 4) is 17.1 Å². The molecule has 1 saturated heterocycles. The lowest BCUT2D eigenvalue weighted by molar-refractivity contribution is 0.0616.